The predicted octanol–water partition coefficient (Wildman–Crippen LogP) is 2.68. The van der Waals surface area contributed by atoms with Gasteiger partial charge >= 0.3 is 5.97 Å². The minimum atomic E-state index is -3.66. The van der Waals surface area contributed by atoms with Crippen molar-refractivity contribution < 1.29 is 22.7 Å². The van der Waals surface area contributed by atoms with E-state index in [2.05, 4.69) is 9.71 Å². The van der Waals surface area contributed by atoms with Gasteiger partial charge in [0.1, 0.15) is 24.8 Å². The maximum absolute atomic E-state index is 12.5. The molecule has 0 saturated heterocycles. The van der Waals surface area contributed by atoms with Crippen LogP contribution in [0.2, 0.25) is 0 Å². The molecule has 0 spiro atoms. The lowest BCUT2D eigenvalue weighted by Crippen LogP contribution is -2.32. The minimum Gasteiger partial charge on any atom is -0.490 e. The molecule has 8 heteroatoms. The Morgan fingerprint density at radius 2 is 1.86 bits per heavy atom. The zero-order chi connectivity index (χ0) is 21.0. The van der Waals surface area contributed by atoms with Gasteiger partial charge in [0, 0.05) is 5.56 Å². The van der Waals surface area contributed by atoms with E-state index >= 15 is 0 Å². The summed E-state index contributed by atoms with van der Waals surface area (Å²) >= 11 is 0. The highest BCUT2D eigenvalue weighted by molar-refractivity contribution is 7.90. The number of esters is 1. The molecule has 2 aromatic rings. The molecule has 1 aliphatic heterocycles. The van der Waals surface area contributed by atoms with Crippen molar-refractivity contribution in [3.8, 4) is 5.75 Å². The molecule has 0 fully saturated rings. The van der Waals surface area contributed by atoms with Crippen molar-refractivity contribution in [2.45, 2.75) is 31.7 Å². The Hall–Kier alpha value is -2.87. The first-order chi connectivity index (χ1) is 13.8. The largest absolute Gasteiger partial charge is 0.490 e. The van der Waals surface area contributed by atoms with Crippen molar-refractivity contribution in [2.75, 3.05) is 13.2 Å². The van der Waals surface area contributed by atoms with Gasteiger partial charge in [0.05, 0.1) is 4.90 Å². The lowest BCUT2D eigenvalue weighted by atomic mass is 10.1. The van der Waals surface area contributed by atoms with E-state index < -0.39 is 22.0 Å². The monoisotopic (exact) mass is 416 g/mol. The van der Waals surface area contributed by atoms with E-state index in [0.717, 1.165) is 5.56 Å². The fraction of sp³-hybridized carbons (Fsp3) is 0.333. The third kappa shape index (κ3) is 4.95. The number of aliphatic imine (C=N–C) groups is 1. The Labute approximate surface area is 170 Å². The zero-order valence-electron chi connectivity index (χ0n) is 16.6. The molecule has 0 unspecified atom stereocenters. The summed E-state index contributed by atoms with van der Waals surface area (Å²) in [6, 6.07) is 13.3. The van der Waals surface area contributed by atoms with Crippen LogP contribution in [0.4, 0.5) is 0 Å². The number of nitrogens with zero attached hydrogens (tertiary/aromatic N) is 1. The predicted molar refractivity (Wildman–Crippen MR) is 110 cm³/mol. The van der Waals surface area contributed by atoms with Gasteiger partial charge in [-0.25, -0.2) is 13.2 Å². The van der Waals surface area contributed by atoms with E-state index in [0.29, 0.717) is 11.3 Å². The summed E-state index contributed by atoms with van der Waals surface area (Å²) in [5.74, 6) is 0.166. The quantitative estimate of drug-likeness (QED) is 0.553. The van der Waals surface area contributed by atoms with Gasteiger partial charge in [0.15, 0.2) is 6.04 Å². The van der Waals surface area contributed by atoms with Crippen LogP contribution in [0.1, 0.15) is 25.0 Å². The second-order valence-electron chi connectivity index (χ2n) is 7.10. The topological polar surface area (TPSA) is 94.1 Å². The summed E-state index contributed by atoms with van der Waals surface area (Å²) in [5, 5.41) is 0. The van der Waals surface area contributed by atoms with Gasteiger partial charge in [-0.3, -0.25) is 9.71 Å². The van der Waals surface area contributed by atoms with Crippen molar-refractivity contribution in [3.63, 3.8) is 0 Å². The highest BCUT2D eigenvalue weighted by Crippen LogP contribution is 2.23. The molecule has 3 rings (SSSR count). The maximum Gasteiger partial charge on any atom is 0.331 e. The molecule has 7 nitrogen and oxygen atoms in total. The average Bonchev–Trinajstić information content (AvgIpc) is 2.93. The molecule has 1 aliphatic rings. The molecule has 0 aromatic heterocycles. The van der Waals surface area contributed by atoms with E-state index in [4.69, 9.17) is 9.47 Å². The molecular formula is C21H24N2O5S. The van der Waals surface area contributed by atoms with Crippen LogP contribution < -0.4 is 9.46 Å². The Morgan fingerprint density at radius 1 is 1.10 bits per heavy atom. The summed E-state index contributed by atoms with van der Waals surface area (Å²) in [6.07, 6.45) is 0. The molecule has 0 aliphatic carbocycles. The fourth-order valence-corrected chi connectivity index (χ4v) is 4.17. The molecule has 1 heterocycles. The van der Waals surface area contributed by atoms with Crippen molar-refractivity contribution in [3.05, 3.63) is 59.7 Å². The Morgan fingerprint density at radius 3 is 2.59 bits per heavy atom. The number of benzene rings is 2. The number of hydrogen-bond donors (Lipinski definition) is 1. The first kappa shape index (κ1) is 20.9. The minimum absolute atomic E-state index is 0.0726. The summed E-state index contributed by atoms with van der Waals surface area (Å²) < 4.78 is 37.8. The van der Waals surface area contributed by atoms with Crippen LogP contribution in [0.25, 0.3) is 0 Å². The van der Waals surface area contributed by atoms with Gasteiger partial charge in [-0.2, -0.15) is 0 Å². The highest BCUT2D eigenvalue weighted by Gasteiger charge is 2.33. The summed E-state index contributed by atoms with van der Waals surface area (Å²) in [6.45, 7) is 5.91. The molecule has 0 amide bonds. The van der Waals surface area contributed by atoms with E-state index in [1.54, 1.807) is 18.2 Å². The standard InChI is InChI=1S/C21H24N2O5S/c1-14(2)19(21(24)28-12-11-27-16-8-6-7-15(3)13-16)22-20-17-9-4-5-10-18(17)29(25,26)23-20/h4-10,13-14,19H,11-12H2,1-3H3,(H,22,23)/t19-/m0/s1. The Balaban J connectivity index is 1.65. The Bertz CT molecular complexity index is 1030. The molecule has 0 radical (unpaired) electrons. The van der Waals surface area contributed by atoms with Gasteiger partial charge in [0.2, 0.25) is 0 Å². The van der Waals surface area contributed by atoms with Crippen LogP contribution in [-0.4, -0.2) is 39.5 Å². The number of rotatable bonds is 7. The van der Waals surface area contributed by atoms with E-state index in [9.17, 15) is 13.2 Å². The summed E-state index contributed by atoms with van der Waals surface area (Å²) in [4.78, 5) is 17.1. The van der Waals surface area contributed by atoms with Gasteiger partial charge in [-0.05, 0) is 42.7 Å². The lowest BCUT2D eigenvalue weighted by molar-refractivity contribution is -0.146. The number of carbonyl (C=O) groups excluding carboxylic acids is 1. The first-order valence-corrected chi connectivity index (χ1v) is 10.8. The van der Waals surface area contributed by atoms with Gasteiger partial charge in [-0.1, -0.05) is 38.1 Å². The molecule has 29 heavy (non-hydrogen) atoms. The zero-order valence-corrected chi connectivity index (χ0v) is 17.4. The number of aryl methyl sites for hydroxylation is 1. The molecule has 154 valence electrons. The van der Waals surface area contributed by atoms with E-state index in [1.807, 2.05) is 45.0 Å². The second kappa shape index (κ2) is 8.65. The summed E-state index contributed by atoms with van der Waals surface area (Å²) in [7, 11) is -3.66. The molecule has 0 bridgehead atoms. The number of sulfonamides is 1. The van der Waals surface area contributed by atoms with Crippen molar-refractivity contribution >= 4 is 21.8 Å². The van der Waals surface area contributed by atoms with Crippen LogP contribution >= 0.6 is 0 Å². The van der Waals surface area contributed by atoms with Crippen molar-refractivity contribution in [2.24, 2.45) is 10.9 Å². The molecule has 0 saturated carbocycles. The highest BCUT2D eigenvalue weighted by atomic mass is 32.2. The SMILES string of the molecule is Cc1cccc(OCCOC(=O)[C@@H](N=C2NS(=O)(=O)c3ccccc32)C(C)C)c1. The number of ether oxygens (including phenoxy) is 2. The fourth-order valence-electron chi connectivity index (χ4n) is 2.94. The van der Waals surface area contributed by atoms with Gasteiger partial charge in [0.25, 0.3) is 10.0 Å². The first-order valence-electron chi connectivity index (χ1n) is 9.34. The number of nitrogens with one attached hydrogen (secondary N) is 1. The van der Waals surface area contributed by atoms with Crippen molar-refractivity contribution in [1.29, 1.82) is 0 Å². The third-order valence-corrected chi connectivity index (χ3v) is 5.79. The van der Waals surface area contributed by atoms with Crippen LogP contribution in [0.3, 0.4) is 0 Å². The van der Waals surface area contributed by atoms with Crippen LogP contribution in [0.5, 0.6) is 5.75 Å². The van der Waals surface area contributed by atoms with Gasteiger partial charge in [-0.15, -0.1) is 0 Å². The number of hydrogen-bond acceptors (Lipinski definition) is 6. The Kier molecular flexibility index (Phi) is 6.22. The molecule has 1 N–H and O–H groups in total. The van der Waals surface area contributed by atoms with Gasteiger partial charge < -0.3 is 9.47 Å². The number of fused-ring (bicyclic) bond motifs is 1. The molecule has 2 aromatic carbocycles. The lowest BCUT2D eigenvalue weighted by Gasteiger charge is -2.16. The second-order valence-corrected chi connectivity index (χ2v) is 8.75. The van der Waals surface area contributed by atoms with E-state index in [-0.39, 0.29) is 29.9 Å². The average molecular weight is 416 g/mol. The number of carbonyl (C=O) groups is 1. The molecule has 1 atom stereocenters. The van der Waals surface area contributed by atoms with Crippen molar-refractivity contribution in [1.82, 2.24) is 4.72 Å². The number of amidine groups is 1. The van der Waals surface area contributed by atoms with E-state index in [1.165, 1.54) is 6.07 Å². The van der Waals surface area contributed by atoms with Crippen LogP contribution in [-0.2, 0) is 19.6 Å². The summed E-state index contributed by atoms with van der Waals surface area (Å²) in [5.41, 5.74) is 1.53. The maximum atomic E-state index is 12.5. The van der Waals surface area contributed by atoms with Crippen LogP contribution in [0, 0.1) is 12.8 Å². The third-order valence-electron chi connectivity index (χ3n) is 4.39. The smallest absolute Gasteiger partial charge is 0.331 e. The van der Waals surface area contributed by atoms with Crippen LogP contribution in [0.15, 0.2) is 58.4 Å². The molecular weight excluding hydrogens is 392 g/mol. The normalized spacial score (nSPS) is 16.9.